The summed E-state index contributed by atoms with van der Waals surface area (Å²) in [7, 11) is 0. The van der Waals surface area contributed by atoms with E-state index in [0.29, 0.717) is 5.56 Å². The molecular formula is C20H12FN5O4. The molecule has 0 aliphatic carbocycles. The van der Waals surface area contributed by atoms with Crippen LogP contribution in [-0.4, -0.2) is 9.91 Å². The molecule has 0 amide bonds. The molecule has 0 saturated heterocycles. The number of aromatic amines is 1. The first-order chi connectivity index (χ1) is 14.3. The number of pyridine rings is 1. The van der Waals surface area contributed by atoms with Crippen LogP contribution in [0.4, 0.5) is 15.9 Å². The lowest BCUT2D eigenvalue weighted by Crippen LogP contribution is -2.16. The number of hydrogen-bond donors (Lipinski definition) is 2. The van der Waals surface area contributed by atoms with Gasteiger partial charge in [0.05, 0.1) is 4.92 Å². The summed E-state index contributed by atoms with van der Waals surface area (Å²) in [5, 5.41) is 30.3. The van der Waals surface area contributed by atoms with E-state index in [0.717, 1.165) is 6.07 Å². The van der Waals surface area contributed by atoms with E-state index < -0.39 is 27.6 Å². The van der Waals surface area contributed by atoms with Crippen molar-refractivity contribution < 1.29 is 14.1 Å². The summed E-state index contributed by atoms with van der Waals surface area (Å²) in [5.41, 5.74) is 4.41. The summed E-state index contributed by atoms with van der Waals surface area (Å²) in [6.45, 7) is -0.0503. The molecule has 3 N–H and O–H groups in total. The van der Waals surface area contributed by atoms with Gasteiger partial charge in [-0.05, 0) is 29.3 Å². The Morgan fingerprint density at radius 3 is 2.40 bits per heavy atom. The number of H-pyrrole nitrogens is 1. The van der Waals surface area contributed by atoms with Gasteiger partial charge < -0.3 is 15.5 Å². The minimum atomic E-state index is -0.816. The third-order valence-electron chi connectivity index (χ3n) is 4.22. The van der Waals surface area contributed by atoms with Gasteiger partial charge in [-0.25, -0.2) is 4.39 Å². The Bertz CT molecular complexity index is 1290. The second kappa shape index (κ2) is 8.12. The Morgan fingerprint density at radius 2 is 1.80 bits per heavy atom. The van der Waals surface area contributed by atoms with E-state index in [4.69, 9.17) is 10.5 Å². The zero-order valence-corrected chi connectivity index (χ0v) is 15.2. The standard InChI is InChI=1S/C20H12FN5O4/c21-13-4-1-11(2-5-13)10-30-17-6-3-12(7-16(17)26(28)29)18-14(8-22)19(24)25-20(27)15(18)9-23/h1-7H,10H2,(H3,24,25,27). The van der Waals surface area contributed by atoms with Gasteiger partial charge in [0, 0.05) is 11.6 Å². The number of nitriles is 2. The second-order valence-corrected chi connectivity index (χ2v) is 6.07. The summed E-state index contributed by atoms with van der Waals surface area (Å²) < 4.78 is 18.5. The lowest BCUT2D eigenvalue weighted by molar-refractivity contribution is -0.385. The molecule has 30 heavy (non-hydrogen) atoms. The number of benzene rings is 2. The predicted molar refractivity (Wildman–Crippen MR) is 104 cm³/mol. The number of nitrogens with one attached hydrogen (secondary N) is 1. The Labute approximate surface area is 168 Å². The number of anilines is 1. The lowest BCUT2D eigenvalue weighted by atomic mass is 9.96. The van der Waals surface area contributed by atoms with Gasteiger partial charge in [-0.3, -0.25) is 14.9 Å². The number of nitro benzene ring substituents is 1. The van der Waals surface area contributed by atoms with Gasteiger partial charge in [0.2, 0.25) is 0 Å². The van der Waals surface area contributed by atoms with Crippen LogP contribution in [0, 0.1) is 38.6 Å². The highest BCUT2D eigenvalue weighted by molar-refractivity contribution is 5.81. The maximum Gasteiger partial charge on any atom is 0.311 e. The van der Waals surface area contributed by atoms with Gasteiger partial charge in [-0.15, -0.1) is 0 Å². The highest BCUT2D eigenvalue weighted by Gasteiger charge is 2.22. The molecule has 0 unspecified atom stereocenters. The third-order valence-corrected chi connectivity index (χ3v) is 4.22. The zero-order valence-electron chi connectivity index (χ0n) is 15.2. The Balaban J connectivity index is 2.08. The summed E-state index contributed by atoms with van der Waals surface area (Å²) in [5.74, 6) is -0.758. The molecule has 0 atom stereocenters. The van der Waals surface area contributed by atoms with Crippen molar-refractivity contribution in [3.8, 4) is 29.0 Å². The van der Waals surface area contributed by atoms with Crippen LogP contribution in [-0.2, 0) is 6.61 Å². The fourth-order valence-electron chi connectivity index (χ4n) is 2.81. The largest absolute Gasteiger partial charge is 0.482 e. The molecule has 0 spiro atoms. The van der Waals surface area contributed by atoms with Crippen LogP contribution in [0.5, 0.6) is 5.75 Å². The van der Waals surface area contributed by atoms with Crippen LogP contribution in [0.15, 0.2) is 47.3 Å². The Kier molecular flexibility index (Phi) is 5.43. The molecule has 1 heterocycles. The number of nitrogens with two attached hydrogens (primary N) is 1. The summed E-state index contributed by atoms with van der Waals surface area (Å²) in [6, 6.07) is 12.7. The summed E-state index contributed by atoms with van der Waals surface area (Å²) >= 11 is 0. The van der Waals surface area contributed by atoms with E-state index in [9.17, 15) is 29.8 Å². The lowest BCUT2D eigenvalue weighted by Gasteiger charge is -2.11. The number of nitro groups is 1. The molecule has 0 radical (unpaired) electrons. The number of ether oxygens (including phenoxy) is 1. The fraction of sp³-hybridized carbons (Fsp3) is 0.0500. The van der Waals surface area contributed by atoms with Crippen molar-refractivity contribution >= 4 is 11.5 Å². The predicted octanol–water partition coefficient (Wildman–Crippen LogP) is 2.99. The number of aromatic nitrogens is 1. The van der Waals surface area contributed by atoms with Crippen LogP contribution < -0.4 is 16.0 Å². The van der Waals surface area contributed by atoms with E-state index >= 15 is 0 Å². The molecule has 0 aliphatic heterocycles. The first-order valence-corrected chi connectivity index (χ1v) is 8.37. The number of hydrogen-bond acceptors (Lipinski definition) is 7. The van der Waals surface area contributed by atoms with Gasteiger partial charge in [-0.2, -0.15) is 10.5 Å². The fourth-order valence-corrected chi connectivity index (χ4v) is 2.81. The quantitative estimate of drug-likeness (QED) is 0.487. The molecule has 0 saturated carbocycles. The van der Waals surface area contributed by atoms with Crippen molar-refractivity contribution in [2.45, 2.75) is 6.61 Å². The molecule has 1 aromatic heterocycles. The monoisotopic (exact) mass is 405 g/mol. The topological polar surface area (TPSA) is 159 Å². The Morgan fingerprint density at radius 1 is 1.13 bits per heavy atom. The summed E-state index contributed by atoms with van der Waals surface area (Å²) in [6.07, 6.45) is 0. The molecule has 0 bridgehead atoms. The molecule has 2 aromatic carbocycles. The molecule has 0 fully saturated rings. The van der Waals surface area contributed by atoms with Gasteiger partial charge in [0.25, 0.3) is 5.56 Å². The van der Waals surface area contributed by atoms with Gasteiger partial charge in [0.15, 0.2) is 5.75 Å². The van der Waals surface area contributed by atoms with E-state index in [1.54, 1.807) is 12.1 Å². The van der Waals surface area contributed by atoms with E-state index in [-0.39, 0.29) is 34.9 Å². The molecular weight excluding hydrogens is 393 g/mol. The zero-order chi connectivity index (χ0) is 21.8. The molecule has 3 rings (SSSR count). The minimum absolute atomic E-state index is 0.0503. The number of nitrogen functional groups attached to an aromatic ring is 1. The van der Waals surface area contributed by atoms with Crippen molar-refractivity contribution in [3.05, 3.63) is 85.4 Å². The number of rotatable bonds is 5. The maximum atomic E-state index is 13.0. The number of nitrogens with zero attached hydrogens (tertiary/aromatic N) is 3. The van der Waals surface area contributed by atoms with Crippen LogP contribution in [0.2, 0.25) is 0 Å². The van der Waals surface area contributed by atoms with Crippen molar-refractivity contribution in [3.63, 3.8) is 0 Å². The average molecular weight is 405 g/mol. The third kappa shape index (κ3) is 3.79. The van der Waals surface area contributed by atoms with Crippen LogP contribution in [0.25, 0.3) is 11.1 Å². The van der Waals surface area contributed by atoms with E-state index in [1.165, 1.54) is 36.4 Å². The van der Waals surface area contributed by atoms with E-state index in [1.807, 2.05) is 0 Å². The van der Waals surface area contributed by atoms with Crippen LogP contribution in [0.3, 0.4) is 0 Å². The van der Waals surface area contributed by atoms with Gasteiger partial charge >= 0.3 is 5.69 Å². The first kappa shape index (κ1) is 20.0. The molecule has 3 aromatic rings. The smallest absolute Gasteiger partial charge is 0.311 e. The van der Waals surface area contributed by atoms with Crippen molar-refractivity contribution in [1.82, 2.24) is 4.98 Å². The van der Waals surface area contributed by atoms with Gasteiger partial charge in [-0.1, -0.05) is 18.2 Å². The molecule has 148 valence electrons. The summed E-state index contributed by atoms with van der Waals surface area (Å²) in [4.78, 5) is 25.1. The van der Waals surface area contributed by atoms with Crippen molar-refractivity contribution in [1.29, 1.82) is 10.5 Å². The maximum absolute atomic E-state index is 13.0. The second-order valence-electron chi connectivity index (χ2n) is 6.07. The highest BCUT2D eigenvalue weighted by atomic mass is 19.1. The molecule has 0 aliphatic rings. The minimum Gasteiger partial charge on any atom is -0.482 e. The van der Waals surface area contributed by atoms with Crippen LogP contribution >= 0.6 is 0 Å². The van der Waals surface area contributed by atoms with E-state index in [2.05, 4.69) is 4.98 Å². The van der Waals surface area contributed by atoms with Crippen molar-refractivity contribution in [2.75, 3.05) is 5.73 Å². The van der Waals surface area contributed by atoms with Crippen LogP contribution in [0.1, 0.15) is 16.7 Å². The first-order valence-electron chi connectivity index (χ1n) is 8.37. The number of halogens is 1. The molecule has 10 heteroatoms. The normalized spacial score (nSPS) is 10.1. The highest BCUT2D eigenvalue weighted by Crippen LogP contribution is 2.35. The average Bonchev–Trinajstić information content (AvgIpc) is 2.72. The van der Waals surface area contributed by atoms with Gasteiger partial charge in [0.1, 0.15) is 41.5 Å². The Hall–Kier alpha value is -4.70. The SMILES string of the molecule is N#Cc1c(N)[nH]c(=O)c(C#N)c1-c1ccc(OCc2ccc(F)cc2)c([N+](=O)[O-])c1. The molecule has 9 nitrogen and oxygen atoms in total. The van der Waals surface area contributed by atoms with Crippen molar-refractivity contribution in [2.24, 2.45) is 0 Å².